The maximum atomic E-state index is 5.06. The zero-order valence-electron chi connectivity index (χ0n) is 8.60. The second-order valence-electron chi connectivity index (χ2n) is 3.04. The van der Waals surface area contributed by atoms with Gasteiger partial charge >= 0.3 is 0 Å². The predicted octanol–water partition coefficient (Wildman–Crippen LogP) is 1.77. The highest BCUT2D eigenvalue weighted by molar-refractivity contribution is 7.13. The molecule has 0 aliphatic heterocycles. The summed E-state index contributed by atoms with van der Waals surface area (Å²) < 4.78 is 6.85. The topological polar surface area (TPSA) is 52.0 Å². The molecule has 0 saturated heterocycles. The number of rotatable bonds is 4. The zero-order valence-corrected chi connectivity index (χ0v) is 9.41. The number of ether oxygens (including phenoxy) is 1. The van der Waals surface area contributed by atoms with Gasteiger partial charge in [-0.25, -0.2) is 4.98 Å². The molecule has 0 amide bonds. The van der Waals surface area contributed by atoms with Crippen molar-refractivity contribution in [2.75, 3.05) is 12.4 Å². The van der Waals surface area contributed by atoms with Crippen molar-refractivity contribution in [2.24, 2.45) is 7.05 Å². The highest BCUT2D eigenvalue weighted by Gasteiger charge is 2.05. The van der Waals surface area contributed by atoms with Gasteiger partial charge in [0.2, 0.25) is 0 Å². The van der Waals surface area contributed by atoms with Crippen molar-refractivity contribution in [1.82, 2.24) is 14.8 Å². The molecule has 0 aliphatic carbocycles. The van der Waals surface area contributed by atoms with Gasteiger partial charge in [0.05, 0.1) is 12.3 Å². The third-order valence-electron chi connectivity index (χ3n) is 1.94. The Morgan fingerprint density at radius 2 is 2.47 bits per heavy atom. The highest BCUT2D eigenvalue weighted by Crippen LogP contribution is 2.18. The second kappa shape index (κ2) is 4.41. The number of hydrogen-bond acceptors (Lipinski definition) is 5. The molecule has 0 spiro atoms. The minimum atomic E-state index is 0.559. The predicted molar refractivity (Wildman–Crippen MR) is 59.3 cm³/mol. The van der Waals surface area contributed by atoms with E-state index in [1.807, 2.05) is 18.5 Å². The summed E-state index contributed by atoms with van der Waals surface area (Å²) in [6, 6.07) is 1.95. The van der Waals surface area contributed by atoms with E-state index in [-0.39, 0.29) is 0 Å². The quantitative estimate of drug-likeness (QED) is 0.860. The van der Waals surface area contributed by atoms with Crippen molar-refractivity contribution < 1.29 is 4.74 Å². The van der Waals surface area contributed by atoms with E-state index in [0.29, 0.717) is 6.61 Å². The van der Waals surface area contributed by atoms with Gasteiger partial charge in [-0.2, -0.15) is 5.10 Å². The van der Waals surface area contributed by atoms with E-state index in [0.717, 1.165) is 16.6 Å². The smallest absolute Gasteiger partial charge is 0.188 e. The molecule has 0 unspecified atom stereocenters. The average Bonchev–Trinajstić information content (AvgIpc) is 2.79. The minimum Gasteiger partial charge on any atom is -0.378 e. The standard InChI is InChI=1S/C9H12N4OS/c1-13-7(6-14-2)5-8(12-13)11-9-10-3-4-15-9/h3-5H,6H2,1-2H3,(H,10,11,12). The maximum absolute atomic E-state index is 5.06. The van der Waals surface area contributed by atoms with Crippen molar-refractivity contribution in [2.45, 2.75) is 6.61 Å². The second-order valence-corrected chi connectivity index (χ2v) is 3.93. The molecule has 80 valence electrons. The number of methoxy groups -OCH3 is 1. The molecule has 0 saturated carbocycles. The van der Waals surface area contributed by atoms with Gasteiger partial charge in [-0.3, -0.25) is 4.68 Å². The Kier molecular flexibility index (Phi) is 2.98. The Hall–Kier alpha value is -1.40. The molecule has 2 rings (SSSR count). The zero-order chi connectivity index (χ0) is 10.7. The molecule has 5 nitrogen and oxygen atoms in total. The molecule has 0 atom stereocenters. The van der Waals surface area contributed by atoms with Crippen molar-refractivity contribution in [1.29, 1.82) is 0 Å². The highest BCUT2D eigenvalue weighted by atomic mass is 32.1. The molecule has 0 aliphatic rings. The van der Waals surface area contributed by atoms with Crippen LogP contribution in [0.1, 0.15) is 5.69 Å². The minimum absolute atomic E-state index is 0.559. The Balaban J connectivity index is 2.12. The van der Waals surface area contributed by atoms with E-state index in [9.17, 15) is 0 Å². The number of aryl methyl sites for hydroxylation is 1. The van der Waals surface area contributed by atoms with Crippen LogP contribution in [0, 0.1) is 0 Å². The van der Waals surface area contributed by atoms with Crippen LogP contribution >= 0.6 is 11.3 Å². The van der Waals surface area contributed by atoms with E-state index in [2.05, 4.69) is 15.4 Å². The van der Waals surface area contributed by atoms with Crippen LogP contribution in [-0.4, -0.2) is 21.9 Å². The normalized spacial score (nSPS) is 10.5. The summed E-state index contributed by atoms with van der Waals surface area (Å²) in [5.74, 6) is 0.791. The first-order valence-corrected chi connectivity index (χ1v) is 5.36. The SMILES string of the molecule is COCc1cc(Nc2nccs2)nn1C. The Morgan fingerprint density at radius 1 is 1.60 bits per heavy atom. The molecule has 2 heterocycles. The average molecular weight is 224 g/mol. The molecule has 2 aromatic rings. The monoisotopic (exact) mass is 224 g/mol. The molecule has 0 aromatic carbocycles. The lowest BCUT2D eigenvalue weighted by molar-refractivity contribution is 0.178. The van der Waals surface area contributed by atoms with Crippen LogP contribution < -0.4 is 5.32 Å². The van der Waals surface area contributed by atoms with Crippen LogP contribution in [-0.2, 0) is 18.4 Å². The van der Waals surface area contributed by atoms with Gasteiger partial charge in [-0.1, -0.05) is 0 Å². The van der Waals surface area contributed by atoms with Crippen molar-refractivity contribution >= 4 is 22.3 Å². The first-order valence-electron chi connectivity index (χ1n) is 4.48. The van der Waals surface area contributed by atoms with Crippen molar-refractivity contribution in [3.63, 3.8) is 0 Å². The van der Waals surface area contributed by atoms with Crippen LogP contribution in [0.4, 0.5) is 10.9 Å². The summed E-state index contributed by atoms with van der Waals surface area (Å²) >= 11 is 1.54. The number of nitrogens with one attached hydrogen (secondary N) is 1. The molecular weight excluding hydrogens is 212 g/mol. The lowest BCUT2D eigenvalue weighted by Gasteiger charge is -1.96. The molecule has 1 N–H and O–H groups in total. The van der Waals surface area contributed by atoms with Crippen molar-refractivity contribution in [3.8, 4) is 0 Å². The molecule has 0 radical (unpaired) electrons. The molecule has 6 heteroatoms. The van der Waals surface area contributed by atoms with Crippen molar-refractivity contribution in [3.05, 3.63) is 23.3 Å². The first kappa shape index (κ1) is 10.1. The van der Waals surface area contributed by atoms with E-state index in [1.165, 1.54) is 0 Å². The van der Waals surface area contributed by atoms with Gasteiger partial charge in [0, 0.05) is 31.8 Å². The number of hydrogen-bond donors (Lipinski definition) is 1. The summed E-state index contributed by atoms with van der Waals surface area (Å²) in [5, 5.41) is 10.2. The molecular formula is C9H12N4OS. The summed E-state index contributed by atoms with van der Waals surface area (Å²) in [6.07, 6.45) is 1.76. The Bertz CT molecular complexity index is 423. The third kappa shape index (κ3) is 2.34. The molecule has 0 bridgehead atoms. The summed E-state index contributed by atoms with van der Waals surface area (Å²) in [7, 11) is 3.56. The summed E-state index contributed by atoms with van der Waals surface area (Å²) in [5.41, 5.74) is 1.02. The van der Waals surface area contributed by atoms with Crippen LogP contribution in [0.15, 0.2) is 17.6 Å². The van der Waals surface area contributed by atoms with Crippen LogP contribution in [0.2, 0.25) is 0 Å². The molecule has 0 fully saturated rings. The van der Waals surface area contributed by atoms with Crippen LogP contribution in [0.5, 0.6) is 0 Å². The van der Waals surface area contributed by atoms with E-state index >= 15 is 0 Å². The third-order valence-corrected chi connectivity index (χ3v) is 2.62. The van der Waals surface area contributed by atoms with E-state index < -0.39 is 0 Å². The summed E-state index contributed by atoms with van der Waals surface area (Å²) in [4.78, 5) is 4.12. The van der Waals surface area contributed by atoms with Gasteiger partial charge in [-0.15, -0.1) is 11.3 Å². The fourth-order valence-corrected chi connectivity index (χ4v) is 1.78. The lowest BCUT2D eigenvalue weighted by Crippen LogP contribution is -1.99. The first-order chi connectivity index (χ1) is 7.29. The van der Waals surface area contributed by atoms with Gasteiger partial charge < -0.3 is 10.1 Å². The molecule has 15 heavy (non-hydrogen) atoms. The number of aromatic nitrogens is 3. The largest absolute Gasteiger partial charge is 0.378 e. The Labute approximate surface area is 91.7 Å². The summed E-state index contributed by atoms with van der Waals surface area (Å²) in [6.45, 7) is 0.559. The fourth-order valence-electron chi connectivity index (χ4n) is 1.24. The Morgan fingerprint density at radius 3 is 3.13 bits per heavy atom. The van der Waals surface area contributed by atoms with Gasteiger partial charge in [0.15, 0.2) is 10.9 Å². The van der Waals surface area contributed by atoms with E-state index in [4.69, 9.17) is 4.74 Å². The fraction of sp³-hybridized carbons (Fsp3) is 0.333. The van der Waals surface area contributed by atoms with Gasteiger partial charge in [0.25, 0.3) is 0 Å². The number of thiazole rings is 1. The van der Waals surface area contributed by atoms with Gasteiger partial charge in [-0.05, 0) is 0 Å². The molecule has 2 aromatic heterocycles. The van der Waals surface area contributed by atoms with Crippen LogP contribution in [0.25, 0.3) is 0 Å². The van der Waals surface area contributed by atoms with E-state index in [1.54, 1.807) is 29.3 Å². The lowest BCUT2D eigenvalue weighted by atomic mass is 10.4. The number of anilines is 2. The van der Waals surface area contributed by atoms with Crippen LogP contribution in [0.3, 0.4) is 0 Å². The maximum Gasteiger partial charge on any atom is 0.188 e. The number of nitrogens with zero attached hydrogens (tertiary/aromatic N) is 3. The van der Waals surface area contributed by atoms with Gasteiger partial charge in [0.1, 0.15) is 0 Å².